The quantitative estimate of drug-likeness (QED) is 0.660. The van der Waals surface area contributed by atoms with Crippen LogP contribution in [0.3, 0.4) is 0 Å². The molecule has 0 unspecified atom stereocenters. The number of hydrogen-bond acceptors (Lipinski definition) is 1. The van der Waals surface area contributed by atoms with E-state index in [1.165, 1.54) is 6.07 Å². The summed E-state index contributed by atoms with van der Waals surface area (Å²) in [5.41, 5.74) is 0.634. The summed E-state index contributed by atoms with van der Waals surface area (Å²) in [5, 5.41) is 12.2. The van der Waals surface area contributed by atoms with Crippen LogP contribution in [0.5, 0.6) is 5.75 Å². The Hall–Kier alpha value is -2.06. The van der Waals surface area contributed by atoms with Crippen LogP contribution in [-0.2, 0) is 0 Å². The van der Waals surface area contributed by atoms with Crippen molar-refractivity contribution >= 4 is 22.4 Å². The molecule has 0 aromatic heterocycles. The van der Waals surface area contributed by atoms with Gasteiger partial charge in [-0.15, -0.1) is 0 Å². The molecule has 0 heterocycles. The number of phenolic OH excluding ortho intramolecular Hbond substituents is 1. The summed E-state index contributed by atoms with van der Waals surface area (Å²) >= 11 is 6.04. The van der Waals surface area contributed by atoms with Crippen LogP contribution in [-0.4, -0.2) is 5.11 Å². The highest BCUT2D eigenvalue weighted by atomic mass is 35.5. The Morgan fingerprint density at radius 1 is 0.895 bits per heavy atom. The highest BCUT2D eigenvalue weighted by Crippen LogP contribution is 2.40. The Labute approximate surface area is 114 Å². The van der Waals surface area contributed by atoms with Gasteiger partial charge in [-0.3, -0.25) is 0 Å². The van der Waals surface area contributed by atoms with Crippen molar-refractivity contribution in [2.75, 3.05) is 0 Å². The van der Waals surface area contributed by atoms with Gasteiger partial charge in [-0.05, 0) is 23.6 Å². The second-order valence-electron chi connectivity index (χ2n) is 4.28. The van der Waals surface area contributed by atoms with Crippen LogP contribution in [0.4, 0.5) is 4.39 Å². The molecule has 3 aromatic rings. The average molecular weight is 273 g/mol. The van der Waals surface area contributed by atoms with Gasteiger partial charge in [0.15, 0.2) is 0 Å². The molecule has 1 nitrogen and oxygen atoms in total. The SMILES string of the molecule is Oc1c(-c2c(F)cccc2Cl)ccc2ccccc12. The van der Waals surface area contributed by atoms with Gasteiger partial charge in [0.2, 0.25) is 0 Å². The number of fused-ring (bicyclic) bond motifs is 1. The first-order valence-corrected chi connectivity index (χ1v) is 6.21. The van der Waals surface area contributed by atoms with Gasteiger partial charge in [0.05, 0.1) is 5.02 Å². The van der Waals surface area contributed by atoms with Gasteiger partial charge in [0.25, 0.3) is 0 Å². The molecule has 3 aromatic carbocycles. The Kier molecular flexibility index (Phi) is 2.88. The maximum absolute atomic E-state index is 13.9. The molecule has 19 heavy (non-hydrogen) atoms. The molecule has 3 heteroatoms. The third-order valence-electron chi connectivity index (χ3n) is 3.13. The molecule has 0 saturated carbocycles. The molecule has 0 aliphatic rings. The largest absolute Gasteiger partial charge is 0.507 e. The summed E-state index contributed by atoms with van der Waals surface area (Å²) in [6.45, 7) is 0. The lowest BCUT2D eigenvalue weighted by atomic mass is 9.99. The lowest BCUT2D eigenvalue weighted by Crippen LogP contribution is -1.87. The van der Waals surface area contributed by atoms with E-state index in [0.29, 0.717) is 10.9 Å². The predicted molar refractivity (Wildman–Crippen MR) is 76.0 cm³/mol. The minimum atomic E-state index is -0.446. The molecule has 0 saturated heterocycles. The van der Waals surface area contributed by atoms with Crippen molar-refractivity contribution in [3.05, 3.63) is 65.4 Å². The Balaban J connectivity index is 2.35. The molecule has 0 fully saturated rings. The van der Waals surface area contributed by atoms with E-state index in [9.17, 15) is 9.50 Å². The number of phenols is 1. The second kappa shape index (κ2) is 4.56. The van der Waals surface area contributed by atoms with E-state index in [2.05, 4.69) is 0 Å². The molecule has 0 bridgehead atoms. The van der Waals surface area contributed by atoms with Gasteiger partial charge in [0.1, 0.15) is 11.6 Å². The van der Waals surface area contributed by atoms with Crippen LogP contribution in [0, 0.1) is 5.82 Å². The molecule has 0 spiro atoms. The van der Waals surface area contributed by atoms with Crippen LogP contribution in [0.25, 0.3) is 21.9 Å². The van der Waals surface area contributed by atoms with Crippen LogP contribution in [0.15, 0.2) is 54.6 Å². The molecule has 3 rings (SSSR count). The van der Waals surface area contributed by atoms with E-state index in [-0.39, 0.29) is 16.3 Å². The fraction of sp³-hybridized carbons (Fsp3) is 0. The van der Waals surface area contributed by atoms with E-state index >= 15 is 0 Å². The van der Waals surface area contributed by atoms with Gasteiger partial charge in [-0.25, -0.2) is 4.39 Å². The van der Waals surface area contributed by atoms with E-state index in [4.69, 9.17) is 11.6 Å². The first-order valence-electron chi connectivity index (χ1n) is 5.83. The number of aromatic hydroxyl groups is 1. The Morgan fingerprint density at radius 3 is 2.47 bits per heavy atom. The molecule has 0 atom stereocenters. The zero-order chi connectivity index (χ0) is 13.4. The average Bonchev–Trinajstić information content (AvgIpc) is 2.41. The molecular weight excluding hydrogens is 263 g/mol. The van der Waals surface area contributed by atoms with E-state index in [1.807, 2.05) is 24.3 Å². The Morgan fingerprint density at radius 2 is 1.68 bits per heavy atom. The summed E-state index contributed by atoms with van der Waals surface area (Å²) in [4.78, 5) is 0. The molecule has 0 amide bonds. The third-order valence-corrected chi connectivity index (χ3v) is 3.45. The molecule has 0 radical (unpaired) electrons. The summed E-state index contributed by atoms with van der Waals surface area (Å²) < 4.78 is 13.9. The number of benzene rings is 3. The summed E-state index contributed by atoms with van der Waals surface area (Å²) in [6, 6.07) is 15.4. The maximum Gasteiger partial charge on any atom is 0.132 e. The van der Waals surface area contributed by atoms with Gasteiger partial charge in [0, 0.05) is 16.5 Å². The van der Waals surface area contributed by atoms with Crippen molar-refractivity contribution in [3.63, 3.8) is 0 Å². The zero-order valence-corrected chi connectivity index (χ0v) is 10.7. The zero-order valence-electron chi connectivity index (χ0n) is 9.90. The van der Waals surface area contributed by atoms with Crippen molar-refractivity contribution < 1.29 is 9.50 Å². The van der Waals surface area contributed by atoms with Crippen LogP contribution < -0.4 is 0 Å². The standard InChI is InChI=1S/C16H10ClFO/c17-13-6-3-7-14(18)15(13)12-9-8-10-4-1-2-5-11(10)16(12)19/h1-9,19H. The maximum atomic E-state index is 13.9. The van der Waals surface area contributed by atoms with Crippen molar-refractivity contribution in [1.82, 2.24) is 0 Å². The molecular formula is C16H10ClFO. The van der Waals surface area contributed by atoms with Crippen LogP contribution in [0.1, 0.15) is 0 Å². The Bertz CT molecular complexity index is 748. The molecule has 0 aliphatic carbocycles. The van der Waals surface area contributed by atoms with Crippen molar-refractivity contribution in [1.29, 1.82) is 0 Å². The van der Waals surface area contributed by atoms with E-state index in [0.717, 1.165) is 5.39 Å². The minimum absolute atomic E-state index is 0.0464. The van der Waals surface area contributed by atoms with Crippen LogP contribution >= 0.6 is 11.6 Å². The van der Waals surface area contributed by atoms with Crippen molar-refractivity contribution in [2.45, 2.75) is 0 Å². The molecule has 0 aliphatic heterocycles. The molecule has 1 N–H and O–H groups in total. The van der Waals surface area contributed by atoms with E-state index in [1.54, 1.807) is 24.3 Å². The van der Waals surface area contributed by atoms with Crippen molar-refractivity contribution in [3.8, 4) is 16.9 Å². The summed E-state index contributed by atoms with van der Waals surface area (Å²) in [6.07, 6.45) is 0. The first kappa shape index (κ1) is 12.0. The first-order chi connectivity index (χ1) is 9.18. The third kappa shape index (κ3) is 1.94. The van der Waals surface area contributed by atoms with Crippen molar-refractivity contribution in [2.24, 2.45) is 0 Å². The lowest BCUT2D eigenvalue weighted by molar-refractivity contribution is 0.483. The smallest absolute Gasteiger partial charge is 0.132 e. The van der Waals surface area contributed by atoms with E-state index < -0.39 is 5.82 Å². The van der Waals surface area contributed by atoms with Gasteiger partial charge >= 0.3 is 0 Å². The lowest BCUT2D eigenvalue weighted by Gasteiger charge is -2.10. The fourth-order valence-corrected chi connectivity index (χ4v) is 2.48. The second-order valence-corrected chi connectivity index (χ2v) is 4.69. The van der Waals surface area contributed by atoms with Gasteiger partial charge in [-0.2, -0.15) is 0 Å². The molecule has 94 valence electrons. The number of hydrogen-bond donors (Lipinski definition) is 1. The monoisotopic (exact) mass is 272 g/mol. The van der Waals surface area contributed by atoms with Gasteiger partial charge in [-0.1, -0.05) is 48.0 Å². The topological polar surface area (TPSA) is 20.2 Å². The summed E-state index contributed by atoms with van der Waals surface area (Å²) in [7, 11) is 0. The van der Waals surface area contributed by atoms with Gasteiger partial charge < -0.3 is 5.11 Å². The van der Waals surface area contributed by atoms with Crippen LogP contribution in [0.2, 0.25) is 5.02 Å². The minimum Gasteiger partial charge on any atom is -0.507 e. The number of halogens is 2. The number of rotatable bonds is 1. The fourth-order valence-electron chi connectivity index (χ4n) is 2.21. The normalized spacial score (nSPS) is 10.8. The highest BCUT2D eigenvalue weighted by molar-refractivity contribution is 6.33. The summed E-state index contributed by atoms with van der Waals surface area (Å²) in [5.74, 6) is -0.400. The highest BCUT2D eigenvalue weighted by Gasteiger charge is 2.14. The predicted octanol–water partition coefficient (Wildman–Crippen LogP) is 5.00.